The zero-order valence-corrected chi connectivity index (χ0v) is 9.70. The van der Waals surface area contributed by atoms with E-state index in [1.807, 2.05) is 0 Å². The van der Waals surface area contributed by atoms with Crippen LogP contribution in [0.5, 0.6) is 0 Å². The molecule has 0 aliphatic carbocycles. The highest BCUT2D eigenvalue weighted by Gasteiger charge is 1.98. The van der Waals surface area contributed by atoms with Crippen LogP contribution in [0.3, 0.4) is 0 Å². The van der Waals surface area contributed by atoms with Crippen LogP contribution in [0.15, 0.2) is 24.3 Å². The van der Waals surface area contributed by atoms with Crippen molar-refractivity contribution >= 4 is 23.0 Å². The van der Waals surface area contributed by atoms with Crippen LogP contribution in [-0.2, 0) is 0 Å². The Morgan fingerprint density at radius 3 is 2.47 bits per heavy atom. The molecule has 15 heavy (non-hydrogen) atoms. The van der Waals surface area contributed by atoms with E-state index in [0.717, 1.165) is 12.2 Å². The van der Waals surface area contributed by atoms with Crippen molar-refractivity contribution in [3.63, 3.8) is 0 Å². The third-order valence-corrected chi connectivity index (χ3v) is 2.02. The lowest BCUT2D eigenvalue weighted by Crippen LogP contribution is -2.31. The summed E-state index contributed by atoms with van der Waals surface area (Å²) in [5.74, 6) is 0.291. The molecule has 1 aromatic rings. The summed E-state index contributed by atoms with van der Waals surface area (Å²) in [6.07, 6.45) is 0. The fraction of sp³-hybridized carbons (Fsp3) is 0.364. The normalized spacial score (nSPS) is 10.1. The van der Waals surface area contributed by atoms with E-state index in [1.54, 1.807) is 12.1 Å². The molecule has 0 heterocycles. The van der Waals surface area contributed by atoms with Crippen molar-refractivity contribution in [2.24, 2.45) is 5.92 Å². The summed E-state index contributed by atoms with van der Waals surface area (Å²) in [6, 6.07) is 6.10. The smallest absolute Gasteiger partial charge is 0.170 e. The van der Waals surface area contributed by atoms with Gasteiger partial charge in [-0.05, 0) is 42.4 Å². The van der Waals surface area contributed by atoms with Crippen LogP contribution in [0.1, 0.15) is 13.8 Å². The van der Waals surface area contributed by atoms with Crippen LogP contribution < -0.4 is 10.6 Å². The van der Waals surface area contributed by atoms with Gasteiger partial charge in [0.05, 0.1) is 0 Å². The molecule has 2 nitrogen and oxygen atoms in total. The van der Waals surface area contributed by atoms with Gasteiger partial charge in [-0.3, -0.25) is 0 Å². The molecule has 0 atom stereocenters. The molecule has 82 valence electrons. The fourth-order valence-corrected chi connectivity index (χ4v) is 1.21. The van der Waals surface area contributed by atoms with E-state index in [2.05, 4.69) is 24.5 Å². The van der Waals surface area contributed by atoms with Gasteiger partial charge in [-0.1, -0.05) is 13.8 Å². The molecular weight excluding hydrogens is 211 g/mol. The SMILES string of the molecule is CC(C)CNC(=S)Nc1ccc(F)cc1. The molecule has 4 heteroatoms. The number of nitrogens with one attached hydrogen (secondary N) is 2. The highest BCUT2D eigenvalue weighted by molar-refractivity contribution is 7.80. The third kappa shape index (κ3) is 4.74. The summed E-state index contributed by atoms with van der Waals surface area (Å²) in [6.45, 7) is 5.04. The van der Waals surface area contributed by atoms with Crippen LogP contribution in [0.4, 0.5) is 10.1 Å². The minimum absolute atomic E-state index is 0.249. The summed E-state index contributed by atoms with van der Waals surface area (Å²) in [7, 11) is 0. The van der Waals surface area contributed by atoms with Crippen LogP contribution in [-0.4, -0.2) is 11.7 Å². The molecule has 1 aromatic carbocycles. The van der Waals surface area contributed by atoms with Crippen molar-refractivity contribution in [3.05, 3.63) is 30.1 Å². The van der Waals surface area contributed by atoms with E-state index in [4.69, 9.17) is 12.2 Å². The monoisotopic (exact) mass is 226 g/mol. The van der Waals surface area contributed by atoms with Crippen LogP contribution in [0.25, 0.3) is 0 Å². The molecule has 0 saturated heterocycles. The molecule has 0 spiro atoms. The van der Waals surface area contributed by atoms with Gasteiger partial charge in [-0.2, -0.15) is 0 Å². The number of thiocarbonyl (C=S) groups is 1. The Morgan fingerprint density at radius 2 is 1.93 bits per heavy atom. The second-order valence-corrected chi connectivity index (χ2v) is 4.14. The van der Waals surface area contributed by atoms with Gasteiger partial charge in [-0.25, -0.2) is 4.39 Å². The zero-order valence-electron chi connectivity index (χ0n) is 8.88. The first-order valence-corrected chi connectivity index (χ1v) is 5.29. The second kappa shape index (κ2) is 5.66. The molecule has 0 fully saturated rings. The summed E-state index contributed by atoms with van der Waals surface area (Å²) >= 11 is 5.07. The predicted molar refractivity (Wildman–Crippen MR) is 65.5 cm³/mol. The van der Waals surface area contributed by atoms with Crippen molar-refractivity contribution < 1.29 is 4.39 Å². The maximum Gasteiger partial charge on any atom is 0.170 e. The first-order valence-electron chi connectivity index (χ1n) is 4.88. The zero-order chi connectivity index (χ0) is 11.3. The van der Waals surface area contributed by atoms with E-state index < -0.39 is 0 Å². The minimum Gasteiger partial charge on any atom is -0.362 e. The number of rotatable bonds is 3. The molecule has 0 aliphatic rings. The van der Waals surface area contributed by atoms with Gasteiger partial charge in [0.1, 0.15) is 5.82 Å². The van der Waals surface area contributed by atoms with Gasteiger partial charge >= 0.3 is 0 Å². The molecule has 0 radical (unpaired) electrons. The Bertz CT molecular complexity index is 322. The van der Waals surface area contributed by atoms with E-state index in [9.17, 15) is 4.39 Å². The molecule has 0 amide bonds. The highest BCUT2D eigenvalue weighted by Crippen LogP contribution is 2.07. The predicted octanol–water partition coefficient (Wildman–Crippen LogP) is 2.77. The first-order chi connectivity index (χ1) is 7.08. The van der Waals surface area contributed by atoms with Gasteiger partial charge < -0.3 is 10.6 Å². The summed E-state index contributed by atoms with van der Waals surface area (Å²) < 4.78 is 12.6. The lowest BCUT2D eigenvalue weighted by atomic mass is 10.2. The summed E-state index contributed by atoms with van der Waals surface area (Å²) in [5.41, 5.74) is 0.789. The molecule has 0 unspecified atom stereocenters. The number of hydrogen-bond donors (Lipinski definition) is 2. The standard InChI is InChI=1S/C11H15FN2S/c1-8(2)7-13-11(15)14-10-5-3-9(12)4-6-10/h3-6,8H,7H2,1-2H3,(H2,13,14,15). The van der Waals surface area contributed by atoms with Gasteiger partial charge in [0, 0.05) is 12.2 Å². The minimum atomic E-state index is -0.249. The van der Waals surface area contributed by atoms with Gasteiger partial charge in [-0.15, -0.1) is 0 Å². The number of anilines is 1. The van der Waals surface area contributed by atoms with Crippen molar-refractivity contribution in [1.29, 1.82) is 0 Å². The lowest BCUT2D eigenvalue weighted by Gasteiger charge is -2.11. The second-order valence-electron chi connectivity index (χ2n) is 3.74. The summed E-state index contributed by atoms with van der Waals surface area (Å²) in [4.78, 5) is 0. The molecule has 0 aromatic heterocycles. The maximum atomic E-state index is 12.6. The van der Waals surface area contributed by atoms with Crippen molar-refractivity contribution in [1.82, 2.24) is 5.32 Å². The molecule has 0 aliphatic heterocycles. The Labute approximate surface area is 94.9 Å². The lowest BCUT2D eigenvalue weighted by molar-refractivity contribution is 0.626. The van der Waals surface area contributed by atoms with Crippen molar-refractivity contribution in [2.45, 2.75) is 13.8 Å². The maximum absolute atomic E-state index is 12.6. The van der Waals surface area contributed by atoms with E-state index in [-0.39, 0.29) is 5.82 Å². The molecular formula is C11H15FN2S. The average molecular weight is 226 g/mol. The molecule has 2 N–H and O–H groups in total. The van der Waals surface area contributed by atoms with Crippen LogP contribution >= 0.6 is 12.2 Å². The molecule has 0 saturated carbocycles. The largest absolute Gasteiger partial charge is 0.362 e. The highest BCUT2D eigenvalue weighted by atomic mass is 32.1. The summed E-state index contributed by atoms with van der Waals surface area (Å²) in [5, 5.41) is 6.62. The van der Waals surface area contributed by atoms with E-state index in [0.29, 0.717) is 11.0 Å². The van der Waals surface area contributed by atoms with E-state index >= 15 is 0 Å². The first kappa shape index (κ1) is 11.9. The van der Waals surface area contributed by atoms with Gasteiger partial charge in [0.25, 0.3) is 0 Å². The van der Waals surface area contributed by atoms with Gasteiger partial charge in [0.15, 0.2) is 5.11 Å². The van der Waals surface area contributed by atoms with Crippen LogP contribution in [0, 0.1) is 11.7 Å². The van der Waals surface area contributed by atoms with Crippen LogP contribution in [0.2, 0.25) is 0 Å². The Morgan fingerprint density at radius 1 is 1.33 bits per heavy atom. The number of hydrogen-bond acceptors (Lipinski definition) is 1. The quantitative estimate of drug-likeness (QED) is 0.775. The Hall–Kier alpha value is -1.16. The van der Waals surface area contributed by atoms with Crippen molar-refractivity contribution in [3.8, 4) is 0 Å². The van der Waals surface area contributed by atoms with Crippen molar-refractivity contribution in [2.75, 3.05) is 11.9 Å². The topological polar surface area (TPSA) is 24.1 Å². The third-order valence-electron chi connectivity index (χ3n) is 1.77. The Kier molecular flexibility index (Phi) is 4.49. The Balaban J connectivity index is 2.41. The number of halogens is 1. The fourth-order valence-electron chi connectivity index (χ4n) is 1.01. The van der Waals surface area contributed by atoms with Gasteiger partial charge in [0.2, 0.25) is 0 Å². The average Bonchev–Trinajstić information content (AvgIpc) is 2.19. The molecule has 0 bridgehead atoms. The van der Waals surface area contributed by atoms with E-state index in [1.165, 1.54) is 12.1 Å². The number of benzene rings is 1. The molecule has 1 rings (SSSR count).